The van der Waals surface area contributed by atoms with Gasteiger partial charge in [-0.3, -0.25) is 9.88 Å². The summed E-state index contributed by atoms with van der Waals surface area (Å²) in [6.07, 6.45) is 4.07. The van der Waals surface area contributed by atoms with Gasteiger partial charge in [0.2, 0.25) is 0 Å². The summed E-state index contributed by atoms with van der Waals surface area (Å²) in [6, 6.07) is 15.8. The summed E-state index contributed by atoms with van der Waals surface area (Å²) < 4.78 is 38.2. The van der Waals surface area contributed by atoms with Crippen molar-refractivity contribution in [2.45, 2.75) is 38.8 Å². The van der Waals surface area contributed by atoms with Crippen LogP contribution in [0.2, 0.25) is 0 Å². The summed E-state index contributed by atoms with van der Waals surface area (Å²) in [7, 11) is -2.88. The summed E-state index contributed by atoms with van der Waals surface area (Å²) >= 11 is 0. The summed E-state index contributed by atoms with van der Waals surface area (Å²) in [5, 5.41) is 0. The first kappa shape index (κ1) is 21.3. The lowest BCUT2D eigenvalue weighted by Gasteiger charge is -2.34. The highest BCUT2D eigenvalue weighted by Gasteiger charge is 2.33. The van der Waals surface area contributed by atoms with Crippen LogP contribution < -0.4 is 0 Å². The molecule has 0 N–H and O–H groups in total. The Balaban J connectivity index is 1.40. The van der Waals surface area contributed by atoms with Crippen LogP contribution in [0.4, 0.5) is 4.39 Å². The predicted octanol–water partition coefficient (Wildman–Crippen LogP) is 4.33. The van der Waals surface area contributed by atoms with Gasteiger partial charge in [-0.15, -0.1) is 0 Å². The van der Waals surface area contributed by atoms with Gasteiger partial charge in [0, 0.05) is 30.9 Å². The minimum Gasteiger partial charge on any atom is -0.295 e. The van der Waals surface area contributed by atoms with Crippen molar-refractivity contribution in [3.8, 4) is 11.3 Å². The third-order valence-electron chi connectivity index (χ3n) is 6.83. The number of nitrogens with zero attached hydrogens (tertiary/aromatic N) is 2. The zero-order valence-corrected chi connectivity index (χ0v) is 19.0. The van der Waals surface area contributed by atoms with E-state index in [-0.39, 0.29) is 17.6 Å². The molecule has 3 heterocycles. The first-order chi connectivity index (χ1) is 15.4. The number of pyridine rings is 1. The highest BCUT2D eigenvalue weighted by molar-refractivity contribution is 7.91. The summed E-state index contributed by atoms with van der Waals surface area (Å²) in [6.45, 7) is 3.68. The average molecular weight is 451 g/mol. The average Bonchev–Trinajstić information content (AvgIpc) is 3.15. The van der Waals surface area contributed by atoms with Crippen LogP contribution in [0.25, 0.3) is 11.3 Å². The van der Waals surface area contributed by atoms with Crippen molar-refractivity contribution >= 4 is 9.84 Å². The van der Waals surface area contributed by atoms with E-state index in [9.17, 15) is 12.8 Å². The lowest BCUT2D eigenvalue weighted by molar-refractivity contribution is 0.194. The van der Waals surface area contributed by atoms with Gasteiger partial charge < -0.3 is 0 Å². The van der Waals surface area contributed by atoms with Gasteiger partial charge in [0.25, 0.3) is 0 Å². The molecular formula is C26H27FN2O2S. The number of aromatic nitrogens is 1. The molecule has 1 saturated heterocycles. The van der Waals surface area contributed by atoms with Gasteiger partial charge in [-0.2, -0.15) is 0 Å². The summed E-state index contributed by atoms with van der Waals surface area (Å²) in [5.41, 5.74) is 7.31. The zero-order valence-electron chi connectivity index (χ0n) is 18.2. The van der Waals surface area contributed by atoms with Crippen molar-refractivity contribution in [1.82, 2.24) is 9.88 Å². The molecule has 0 unspecified atom stereocenters. The first-order valence-electron chi connectivity index (χ1n) is 11.1. The second-order valence-corrected chi connectivity index (χ2v) is 11.2. The number of rotatable bonds is 4. The second-order valence-electron chi connectivity index (χ2n) is 8.99. The van der Waals surface area contributed by atoms with Crippen molar-refractivity contribution in [2.75, 3.05) is 18.1 Å². The van der Waals surface area contributed by atoms with Crippen LogP contribution in [0.3, 0.4) is 0 Å². The topological polar surface area (TPSA) is 50.3 Å². The minimum atomic E-state index is -2.88. The lowest BCUT2D eigenvalue weighted by Crippen LogP contribution is -2.40. The van der Waals surface area contributed by atoms with Crippen LogP contribution >= 0.6 is 0 Å². The second kappa shape index (κ2) is 8.41. The Kier molecular flexibility index (Phi) is 5.59. The van der Waals surface area contributed by atoms with Crippen molar-refractivity contribution in [3.63, 3.8) is 0 Å². The molecule has 5 rings (SSSR count). The molecule has 32 heavy (non-hydrogen) atoms. The van der Waals surface area contributed by atoms with Gasteiger partial charge in [0.15, 0.2) is 9.84 Å². The molecule has 0 bridgehead atoms. The number of fused-ring (bicyclic) bond motifs is 1. The number of sulfone groups is 1. The van der Waals surface area contributed by atoms with Gasteiger partial charge >= 0.3 is 0 Å². The number of hydrogen-bond acceptors (Lipinski definition) is 4. The Morgan fingerprint density at radius 1 is 1.16 bits per heavy atom. The fourth-order valence-corrected chi connectivity index (χ4v) is 6.85. The fourth-order valence-electron chi connectivity index (χ4n) is 5.09. The molecule has 6 heteroatoms. The molecule has 2 aliphatic heterocycles. The van der Waals surface area contributed by atoms with Crippen molar-refractivity contribution < 1.29 is 12.8 Å². The number of benzene rings is 2. The Morgan fingerprint density at radius 3 is 2.81 bits per heavy atom. The molecule has 0 spiro atoms. The highest BCUT2D eigenvalue weighted by atomic mass is 32.2. The predicted molar refractivity (Wildman–Crippen MR) is 125 cm³/mol. The van der Waals surface area contributed by atoms with E-state index in [0.29, 0.717) is 11.4 Å². The maximum atomic E-state index is 14.3. The maximum Gasteiger partial charge on any atom is 0.151 e. The largest absolute Gasteiger partial charge is 0.295 e. The molecule has 1 fully saturated rings. The molecule has 0 saturated carbocycles. The first-order valence-corrected chi connectivity index (χ1v) is 13.0. The quantitative estimate of drug-likeness (QED) is 0.594. The standard InChI is InChI=1S/C26H27FN2O2S/c1-18-7-8-19(15-24(18)26-25(27)6-3-11-28-26)14-20-4-2-5-21-16-29(12-9-23(20)21)22-10-13-32(30,31)17-22/h2-8,11,15,22H,9-10,12-14,16-17H2,1H3/t22-/m1/s1. The van der Waals surface area contributed by atoms with Crippen LogP contribution in [-0.2, 0) is 29.2 Å². The fraction of sp³-hybridized carbons (Fsp3) is 0.346. The number of hydrogen-bond donors (Lipinski definition) is 0. The van der Waals surface area contributed by atoms with Gasteiger partial charge in [-0.05, 0) is 72.2 Å². The molecule has 2 aliphatic rings. The smallest absolute Gasteiger partial charge is 0.151 e. The maximum absolute atomic E-state index is 14.3. The van der Waals surface area contributed by atoms with E-state index < -0.39 is 9.84 Å². The van der Waals surface area contributed by atoms with E-state index in [0.717, 1.165) is 49.0 Å². The molecular weight excluding hydrogens is 423 g/mol. The Labute approximate surface area is 189 Å². The van der Waals surface area contributed by atoms with Gasteiger partial charge in [0.1, 0.15) is 11.5 Å². The van der Waals surface area contributed by atoms with E-state index in [1.807, 2.05) is 13.0 Å². The molecule has 0 aliphatic carbocycles. The van der Waals surface area contributed by atoms with Crippen LogP contribution in [-0.4, -0.2) is 42.4 Å². The molecule has 1 aromatic heterocycles. The van der Waals surface area contributed by atoms with Crippen LogP contribution in [0.1, 0.15) is 34.2 Å². The van der Waals surface area contributed by atoms with Crippen LogP contribution in [0, 0.1) is 12.7 Å². The Morgan fingerprint density at radius 2 is 2.03 bits per heavy atom. The monoisotopic (exact) mass is 450 g/mol. The highest BCUT2D eigenvalue weighted by Crippen LogP contribution is 2.30. The third-order valence-corrected chi connectivity index (χ3v) is 8.58. The molecule has 3 aromatic rings. The SMILES string of the molecule is Cc1ccc(Cc2cccc3c2CCN([C@@H]2CCS(=O)(=O)C2)C3)cc1-c1ncccc1F. The van der Waals surface area contributed by atoms with Gasteiger partial charge in [-0.1, -0.05) is 30.3 Å². The Bertz CT molecular complexity index is 1270. The molecule has 1 atom stereocenters. The minimum absolute atomic E-state index is 0.143. The van der Waals surface area contributed by atoms with Gasteiger partial charge in [0.05, 0.1) is 11.5 Å². The van der Waals surface area contributed by atoms with Crippen molar-refractivity contribution in [3.05, 3.63) is 88.4 Å². The third kappa shape index (κ3) is 4.21. The molecule has 4 nitrogen and oxygen atoms in total. The molecule has 166 valence electrons. The molecule has 2 aromatic carbocycles. The molecule has 0 radical (unpaired) electrons. The zero-order chi connectivity index (χ0) is 22.3. The summed E-state index contributed by atoms with van der Waals surface area (Å²) in [4.78, 5) is 6.60. The van der Waals surface area contributed by atoms with E-state index in [1.54, 1.807) is 12.3 Å². The van der Waals surface area contributed by atoms with Crippen LogP contribution in [0.15, 0.2) is 54.7 Å². The van der Waals surface area contributed by atoms with E-state index in [4.69, 9.17) is 0 Å². The number of halogens is 1. The van der Waals surface area contributed by atoms with E-state index in [2.05, 4.69) is 40.2 Å². The Hall–Kier alpha value is -2.57. The van der Waals surface area contributed by atoms with Crippen molar-refractivity contribution in [1.29, 1.82) is 0 Å². The lowest BCUT2D eigenvalue weighted by atomic mass is 9.89. The van der Waals surface area contributed by atoms with E-state index >= 15 is 0 Å². The van der Waals surface area contributed by atoms with Crippen molar-refractivity contribution in [2.24, 2.45) is 0 Å². The van der Waals surface area contributed by atoms with Crippen LogP contribution in [0.5, 0.6) is 0 Å². The van der Waals surface area contributed by atoms with E-state index in [1.165, 1.54) is 22.8 Å². The molecule has 0 amide bonds. The normalized spacial score (nSPS) is 20.2. The number of aryl methyl sites for hydroxylation is 1. The summed E-state index contributed by atoms with van der Waals surface area (Å²) in [5.74, 6) is 0.296. The van der Waals surface area contributed by atoms with Gasteiger partial charge in [-0.25, -0.2) is 12.8 Å².